The predicted octanol–water partition coefficient (Wildman–Crippen LogP) is 8.49. The lowest BCUT2D eigenvalue weighted by Crippen LogP contribution is -2.49. The van der Waals surface area contributed by atoms with E-state index < -0.39 is 20.9 Å². The number of nitrogens with zero attached hydrogens (tertiary/aromatic N) is 5. The van der Waals surface area contributed by atoms with Crippen LogP contribution in [-0.4, -0.2) is 131 Å². The molecule has 13 nitrogen and oxygen atoms in total. The number of hydrogen-bond acceptors (Lipinski definition) is 12. The third kappa shape index (κ3) is 13.0. The minimum Gasteiger partial charge on any atom is -0.376 e. The summed E-state index contributed by atoms with van der Waals surface area (Å²) in [6.07, 6.45) is 7.63. The highest BCUT2D eigenvalue weighted by molar-refractivity contribution is 7.99. The SMILES string of the molecule is CN(CC[C@H](CSc1ccccc1)Nc1ccc(S(=O)(=O)NC(=O)c2ccc(N3CCN(CC4=C(c5ccc(Cl)cc5)CCC(C)(CN5CCNCC5)C4)CC3)cc2)cc1[N+](=O)[O-])C1CCC1. The molecule has 8 rings (SSSR count). The number of benzene rings is 4. The standard InChI is InChI=1S/C51H65ClN8O5S2/c1-51(37-58-27-24-53-25-28-58)23-21-47(38-11-15-41(52)16-12-38)40(34-51)35-57-29-31-59(32-30-57)44-17-13-39(14-18-44)50(61)55-67(64,65)46-19-20-48(49(33-46)60(62)63)54-42(22-26-56(2)43-7-6-8-43)36-66-45-9-4-3-5-10-45/h3-5,9-20,33,42-43,53-54H,6-8,21-32,34-37H2,1-2H3,(H,55,61)/t42-,51?/m1/s1. The Balaban J connectivity index is 0.878. The first-order valence-electron chi connectivity index (χ1n) is 23.8. The van der Waals surface area contributed by atoms with Gasteiger partial charge in [0.1, 0.15) is 5.69 Å². The van der Waals surface area contributed by atoms with Crippen molar-refractivity contribution in [3.05, 3.63) is 129 Å². The van der Waals surface area contributed by atoms with Gasteiger partial charge in [0.25, 0.3) is 21.6 Å². The van der Waals surface area contributed by atoms with Gasteiger partial charge < -0.3 is 25.3 Å². The highest BCUT2D eigenvalue weighted by atomic mass is 35.5. The smallest absolute Gasteiger partial charge is 0.293 e. The average Bonchev–Trinajstić information content (AvgIpc) is 3.30. The maximum atomic E-state index is 13.6. The van der Waals surface area contributed by atoms with E-state index in [0.29, 0.717) is 11.8 Å². The van der Waals surface area contributed by atoms with Crippen molar-refractivity contribution in [1.82, 2.24) is 24.7 Å². The van der Waals surface area contributed by atoms with E-state index in [2.05, 4.69) is 61.1 Å². The normalized spacial score (nSPS) is 20.4. The van der Waals surface area contributed by atoms with Gasteiger partial charge in [0, 0.05) is 117 Å². The number of carbonyl (C=O) groups excluding carboxylic acids is 1. The van der Waals surface area contributed by atoms with Crippen LogP contribution in [0.4, 0.5) is 17.1 Å². The van der Waals surface area contributed by atoms with Gasteiger partial charge in [-0.1, -0.05) is 60.9 Å². The van der Waals surface area contributed by atoms with Crippen LogP contribution in [-0.2, 0) is 10.0 Å². The number of carbonyl (C=O) groups is 1. The van der Waals surface area contributed by atoms with Gasteiger partial charge in [0.05, 0.1) is 9.82 Å². The molecule has 0 aromatic heterocycles. The van der Waals surface area contributed by atoms with Gasteiger partial charge in [-0.05, 0) is 123 Å². The second kappa shape index (κ2) is 22.3. The van der Waals surface area contributed by atoms with E-state index in [9.17, 15) is 23.3 Å². The molecule has 0 spiro atoms. The summed E-state index contributed by atoms with van der Waals surface area (Å²) in [6, 6.07) is 29.5. The molecule has 1 unspecified atom stereocenters. The molecule has 0 bridgehead atoms. The van der Waals surface area contributed by atoms with Crippen LogP contribution in [0.25, 0.3) is 5.57 Å². The van der Waals surface area contributed by atoms with Crippen LogP contribution < -0.4 is 20.3 Å². The number of hydrogen-bond donors (Lipinski definition) is 3. The maximum Gasteiger partial charge on any atom is 0.293 e. The molecule has 3 fully saturated rings. The van der Waals surface area contributed by atoms with Crippen LogP contribution in [0.5, 0.6) is 0 Å². The second-order valence-corrected chi connectivity index (χ2v) is 22.3. The molecule has 358 valence electrons. The number of rotatable bonds is 19. The average molecular weight is 970 g/mol. The topological polar surface area (TPSA) is 143 Å². The molecule has 16 heteroatoms. The van der Waals surface area contributed by atoms with Gasteiger partial charge in [-0.25, -0.2) is 13.1 Å². The molecule has 2 heterocycles. The first-order chi connectivity index (χ1) is 32.3. The minimum atomic E-state index is -4.44. The van der Waals surface area contributed by atoms with Crippen molar-refractivity contribution in [3.8, 4) is 0 Å². The number of nitrogens with one attached hydrogen (secondary N) is 3. The molecule has 2 aliphatic heterocycles. The van der Waals surface area contributed by atoms with E-state index in [4.69, 9.17) is 11.6 Å². The number of allylic oxidation sites excluding steroid dienone is 1. The number of sulfonamides is 1. The molecule has 4 aromatic rings. The van der Waals surface area contributed by atoms with Crippen LogP contribution in [0.2, 0.25) is 5.02 Å². The van der Waals surface area contributed by atoms with E-state index >= 15 is 0 Å². The summed E-state index contributed by atoms with van der Waals surface area (Å²) >= 11 is 7.97. The van der Waals surface area contributed by atoms with Crippen LogP contribution in [0.1, 0.15) is 67.8 Å². The molecule has 2 saturated heterocycles. The molecule has 4 aliphatic rings. The van der Waals surface area contributed by atoms with E-state index in [0.717, 1.165) is 119 Å². The molecule has 2 atom stereocenters. The van der Waals surface area contributed by atoms with Crippen LogP contribution in [0.3, 0.4) is 0 Å². The lowest BCUT2D eigenvalue weighted by Gasteiger charge is -2.43. The Bertz CT molecular complexity index is 2460. The fraction of sp³-hybridized carbons (Fsp3) is 0.471. The molecule has 1 saturated carbocycles. The fourth-order valence-corrected chi connectivity index (χ4v) is 12.1. The van der Waals surface area contributed by atoms with Gasteiger partial charge in [-0.3, -0.25) is 19.8 Å². The van der Waals surface area contributed by atoms with E-state index in [1.165, 1.54) is 48.1 Å². The lowest BCUT2D eigenvalue weighted by molar-refractivity contribution is -0.384. The van der Waals surface area contributed by atoms with Gasteiger partial charge in [-0.2, -0.15) is 0 Å². The number of piperazine rings is 2. The molecule has 0 radical (unpaired) electrons. The monoisotopic (exact) mass is 968 g/mol. The molecular formula is C51H65ClN8O5S2. The third-order valence-electron chi connectivity index (χ3n) is 14.1. The van der Waals surface area contributed by atoms with Gasteiger partial charge in [0.15, 0.2) is 0 Å². The second-order valence-electron chi connectivity index (χ2n) is 19.1. The van der Waals surface area contributed by atoms with Crippen molar-refractivity contribution < 1.29 is 18.1 Å². The van der Waals surface area contributed by atoms with E-state index in [1.807, 2.05) is 54.6 Å². The molecule has 2 aliphatic carbocycles. The Morgan fingerprint density at radius 3 is 2.34 bits per heavy atom. The van der Waals surface area contributed by atoms with Crippen molar-refractivity contribution >= 4 is 61.9 Å². The van der Waals surface area contributed by atoms with Crippen molar-refractivity contribution in [2.45, 2.75) is 73.7 Å². The molecule has 67 heavy (non-hydrogen) atoms. The zero-order valence-corrected chi connectivity index (χ0v) is 41.2. The van der Waals surface area contributed by atoms with Crippen molar-refractivity contribution in [2.24, 2.45) is 5.41 Å². The Morgan fingerprint density at radius 1 is 0.955 bits per heavy atom. The Hall–Kier alpha value is -4.48. The number of anilines is 2. The van der Waals surface area contributed by atoms with Crippen LogP contribution in [0, 0.1) is 15.5 Å². The summed E-state index contributed by atoms with van der Waals surface area (Å²) in [5, 5.41) is 20.0. The Kier molecular flexibility index (Phi) is 16.3. The minimum absolute atomic E-state index is 0.127. The van der Waals surface area contributed by atoms with Crippen molar-refractivity contribution in [1.29, 1.82) is 0 Å². The highest BCUT2D eigenvalue weighted by Gasteiger charge is 2.35. The highest BCUT2D eigenvalue weighted by Crippen LogP contribution is 2.44. The van der Waals surface area contributed by atoms with E-state index in [1.54, 1.807) is 23.9 Å². The van der Waals surface area contributed by atoms with Crippen molar-refractivity contribution in [2.75, 3.05) is 95.0 Å². The number of thioether (sulfide) groups is 1. The molecule has 1 amide bonds. The Labute approximate surface area is 405 Å². The summed E-state index contributed by atoms with van der Waals surface area (Å²) in [5.74, 6) is -0.149. The zero-order valence-electron chi connectivity index (χ0n) is 38.8. The first-order valence-corrected chi connectivity index (χ1v) is 26.6. The largest absolute Gasteiger partial charge is 0.376 e. The maximum absolute atomic E-state index is 13.6. The Morgan fingerprint density at radius 2 is 1.67 bits per heavy atom. The third-order valence-corrected chi connectivity index (χ3v) is 16.9. The zero-order chi connectivity index (χ0) is 47.0. The summed E-state index contributed by atoms with van der Waals surface area (Å²) < 4.78 is 29.3. The van der Waals surface area contributed by atoms with E-state index in [-0.39, 0.29) is 33.3 Å². The number of nitro benzene ring substituents is 1. The number of amides is 1. The van der Waals surface area contributed by atoms with Crippen LogP contribution in [0.15, 0.2) is 112 Å². The quantitative estimate of drug-likeness (QED) is 0.0471. The summed E-state index contributed by atoms with van der Waals surface area (Å²) in [4.78, 5) is 35.8. The number of halogens is 1. The first kappa shape index (κ1) is 49.0. The predicted molar refractivity (Wildman–Crippen MR) is 272 cm³/mol. The van der Waals surface area contributed by atoms with Gasteiger partial charge in [-0.15, -0.1) is 11.8 Å². The molecule has 3 N–H and O–H groups in total. The van der Waals surface area contributed by atoms with Crippen molar-refractivity contribution in [3.63, 3.8) is 0 Å². The summed E-state index contributed by atoms with van der Waals surface area (Å²) in [7, 11) is -2.32. The lowest BCUT2D eigenvalue weighted by atomic mass is 9.71. The van der Waals surface area contributed by atoms with Gasteiger partial charge in [0.2, 0.25) is 0 Å². The fourth-order valence-electron chi connectivity index (χ4n) is 9.96. The summed E-state index contributed by atoms with van der Waals surface area (Å²) in [5.41, 5.74) is 5.45. The van der Waals surface area contributed by atoms with Gasteiger partial charge >= 0.3 is 0 Å². The summed E-state index contributed by atoms with van der Waals surface area (Å²) in [6.45, 7) is 13.0. The van der Waals surface area contributed by atoms with Crippen LogP contribution >= 0.6 is 23.4 Å². The molecule has 4 aromatic carbocycles. The number of nitro groups is 1. The molecular weight excluding hydrogens is 904 g/mol.